The lowest BCUT2D eigenvalue weighted by molar-refractivity contribution is -0.0498. The molecule has 1 heterocycles. The Labute approximate surface area is 133 Å². The lowest BCUT2D eigenvalue weighted by atomic mass is 10.1. The first-order chi connectivity index (χ1) is 10.8. The van der Waals surface area contributed by atoms with Crippen molar-refractivity contribution in [3.8, 4) is 5.75 Å². The molecular formula is C16H19F2N3O2. The van der Waals surface area contributed by atoms with Crippen LogP contribution in [0.3, 0.4) is 0 Å². The second-order valence-electron chi connectivity index (χ2n) is 5.17. The van der Waals surface area contributed by atoms with Crippen molar-refractivity contribution in [3.63, 3.8) is 0 Å². The molecular weight excluding hydrogens is 304 g/mol. The third-order valence-corrected chi connectivity index (χ3v) is 3.58. The summed E-state index contributed by atoms with van der Waals surface area (Å²) >= 11 is 0. The van der Waals surface area contributed by atoms with Gasteiger partial charge in [0.2, 0.25) is 0 Å². The Bertz CT molecular complexity index is 726. The molecule has 0 radical (unpaired) electrons. The molecule has 1 amide bonds. The van der Waals surface area contributed by atoms with E-state index in [4.69, 9.17) is 0 Å². The van der Waals surface area contributed by atoms with Crippen molar-refractivity contribution in [1.29, 1.82) is 0 Å². The zero-order valence-corrected chi connectivity index (χ0v) is 13.5. The number of alkyl halides is 2. The standard InChI is InChI=1S/C16H19F2N3O2/c1-5-21-11(4)14(10(3)20-21)15(22)19-13-7-6-12(8-9(13)2)23-16(17)18/h6-8,16H,5H2,1-4H3,(H,19,22). The third-order valence-electron chi connectivity index (χ3n) is 3.58. The number of hydrogen-bond acceptors (Lipinski definition) is 3. The molecule has 1 aromatic carbocycles. The van der Waals surface area contributed by atoms with Crippen LogP contribution in [0.15, 0.2) is 18.2 Å². The molecule has 0 unspecified atom stereocenters. The lowest BCUT2D eigenvalue weighted by Crippen LogP contribution is -2.15. The second kappa shape index (κ2) is 6.76. The number of carbonyl (C=O) groups is 1. The van der Waals surface area contributed by atoms with Gasteiger partial charge in [0.25, 0.3) is 5.91 Å². The summed E-state index contributed by atoms with van der Waals surface area (Å²) in [5, 5.41) is 7.10. The molecule has 0 bridgehead atoms. The minimum atomic E-state index is -2.87. The van der Waals surface area contributed by atoms with Crippen LogP contribution in [-0.4, -0.2) is 22.3 Å². The highest BCUT2D eigenvalue weighted by molar-refractivity contribution is 6.06. The van der Waals surface area contributed by atoms with E-state index < -0.39 is 6.61 Å². The minimum absolute atomic E-state index is 0.0571. The van der Waals surface area contributed by atoms with E-state index in [0.717, 1.165) is 5.69 Å². The van der Waals surface area contributed by atoms with Crippen molar-refractivity contribution < 1.29 is 18.3 Å². The molecule has 0 saturated heterocycles. The van der Waals surface area contributed by atoms with Crippen molar-refractivity contribution in [2.24, 2.45) is 0 Å². The highest BCUT2D eigenvalue weighted by Crippen LogP contribution is 2.24. The Morgan fingerprint density at radius 1 is 1.35 bits per heavy atom. The Morgan fingerprint density at radius 3 is 2.57 bits per heavy atom. The maximum Gasteiger partial charge on any atom is 0.387 e. The monoisotopic (exact) mass is 323 g/mol. The number of aromatic nitrogens is 2. The van der Waals surface area contributed by atoms with Crippen molar-refractivity contribution in [1.82, 2.24) is 9.78 Å². The largest absolute Gasteiger partial charge is 0.435 e. The zero-order valence-electron chi connectivity index (χ0n) is 13.5. The summed E-state index contributed by atoms with van der Waals surface area (Å²) in [6, 6.07) is 4.39. The molecule has 7 heteroatoms. The van der Waals surface area contributed by atoms with Crippen LogP contribution >= 0.6 is 0 Å². The van der Waals surface area contributed by atoms with Gasteiger partial charge in [0.05, 0.1) is 11.3 Å². The van der Waals surface area contributed by atoms with E-state index in [1.807, 2.05) is 13.8 Å². The summed E-state index contributed by atoms with van der Waals surface area (Å²) in [6.45, 7) is 5.08. The summed E-state index contributed by atoms with van der Waals surface area (Å²) < 4.78 is 30.5. The number of rotatable bonds is 5. The van der Waals surface area contributed by atoms with Crippen molar-refractivity contribution >= 4 is 11.6 Å². The Balaban J connectivity index is 2.22. The molecule has 0 aliphatic heterocycles. The molecule has 2 aromatic rings. The topological polar surface area (TPSA) is 56.2 Å². The van der Waals surface area contributed by atoms with E-state index in [-0.39, 0.29) is 11.7 Å². The first-order valence-corrected chi connectivity index (χ1v) is 7.24. The summed E-state index contributed by atoms with van der Waals surface area (Å²) in [5.41, 5.74) is 3.14. The van der Waals surface area contributed by atoms with Crippen LogP contribution in [-0.2, 0) is 6.54 Å². The molecule has 0 fully saturated rings. The van der Waals surface area contributed by atoms with Gasteiger partial charge in [-0.05, 0) is 51.5 Å². The van der Waals surface area contributed by atoms with E-state index in [0.29, 0.717) is 29.1 Å². The number of anilines is 1. The molecule has 0 saturated carbocycles. The third kappa shape index (κ3) is 3.67. The predicted octanol–water partition coefficient (Wildman–Crippen LogP) is 3.68. The van der Waals surface area contributed by atoms with Gasteiger partial charge >= 0.3 is 6.61 Å². The Morgan fingerprint density at radius 2 is 2.04 bits per heavy atom. The van der Waals surface area contributed by atoms with Gasteiger partial charge in [-0.3, -0.25) is 9.48 Å². The number of carbonyl (C=O) groups excluding carboxylic acids is 1. The SMILES string of the molecule is CCn1nc(C)c(C(=O)Nc2ccc(OC(F)F)cc2C)c1C. The fourth-order valence-corrected chi connectivity index (χ4v) is 2.47. The molecule has 1 aromatic heterocycles. The first kappa shape index (κ1) is 16.9. The number of halogens is 2. The first-order valence-electron chi connectivity index (χ1n) is 7.24. The maximum absolute atomic E-state index is 12.5. The van der Waals surface area contributed by atoms with Crippen LogP contribution in [0.4, 0.5) is 14.5 Å². The quantitative estimate of drug-likeness (QED) is 0.913. The van der Waals surface area contributed by atoms with Gasteiger partial charge in [0.15, 0.2) is 0 Å². The van der Waals surface area contributed by atoms with Crippen LogP contribution in [0.2, 0.25) is 0 Å². The number of ether oxygens (including phenoxy) is 1. The van der Waals surface area contributed by atoms with Crippen LogP contribution in [0.1, 0.15) is 34.2 Å². The highest BCUT2D eigenvalue weighted by Gasteiger charge is 2.19. The molecule has 1 N–H and O–H groups in total. The normalized spacial score (nSPS) is 10.9. The number of aryl methyl sites for hydroxylation is 3. The number of amides is 1. The number of nitrogens with one attached hydrogen (secondary N) is 1. The Kier molecular flexibility index (Phi) is 4.98. The van der Waals surface area contributed by atoms with E-state index >= 15 is 0 Å². The number of nitrogens with zero attached hydrogens (tertiary/aromatic N) is 2. The van der Waals surface area contributed by atoms with Crippen molar-refractivity contribution in [2.75, 3.05) is 5.32 Å². The summed E-state index contributed by atoms with van der Waals surface area (Å²) in [7, 11) is 0. The van der Waals surface area contributed by atoms with Gasteiger partial charge < -0.3 is 10.1 Å². The van der Waals surface area contributed by atoms with Gasteiger partial charge in [-0.25, -0.2) is 0 Å². The van der Waals surface area contributed by atoms with Gasteiger partial charge in [-0.2, -0.15) is 13.9 Å². The number of hydrogen-bond donors (Lipinski definition) is 1. The smallest absolute Gasteiger partial charge is 0.387 e. The molecule has 0 aliphatic carbocycles. The van der Waals surface area contributed by atoms with Crippen LogP contribution in [0.5, 0.6) is 5.75 Å². The average Bonchev–Trinajstić information content (AvgIpc) is 2.75. The van der Waals surface area contributed by atoms with Crippen LogP contribution < -0.4 is 10.1 Å². The van der Waals surface area contributed by atoms with E-state index in [1.54, 1.807) is 24.6 Å². The fourth-order valence-electron chi connectivity index (χ4n) is 2.47. The minimum Gasteiger partial charge on any atom is -0.435 e. The van der Waals surface area contributed by atoms with E-state index in [1.165, 1.54) is 12.1 Å². The number of benzene rings is 1. The molecule has 0 aliphatic rings. The van der Waals surface area contributed by atoms with Crippen LogP contribution in [0.25, 0.3) is 0 Å². The van der Waals surface area contributed by atoms with Crippen molar-refractivity contribution in [2.45, 2.75) is 40.9 Å². The molecule has 23 heavy (non-hydrogen) atoms. The van der Waals surface area contributed by atoms with Crippen molar-refractivity contribution in [3.05, 3.63) is 40.7 Å². The van der Waals surface area contributed by atoms with Gasteiger partial charge in [-0.1, -0.05) is 0 Å². The highest BCUT2D eigenvalue weighted by atomic mass is 19.3. The van der Waals surface area contributed by atoms with E-state index in [2.05, 4.69) is 15.2 Å². The van der Waals surface area contributed by atoms with Gasteiger partial charge in [0, 0.05) is 17.9 Å². The lowest BCUT2D eigenvalue weighted by Gasteiger charge is -2.11. The van der Waals surface area contributed by atoms with Crippen LogP contribution in [0, 0.1) is 20.8 Å². The van der Waals surface area contributed by atoms with Gasteiger partial charge in [-0.15, -0.1) is 0 Å². The summed E-state index contributed by atoms with van der Waals surface area (Å²) in [4.78, 5) is 12.5. The molecule has 5 nitrogen and oxygen atoms in total. The fraction of sp³-hybridized carbons (Fsp3) is 0.375. The predicted molar refractivity (Wildman–Crippen MR) is 83.1 cm³/mol. The second-order valence-corrected chi connectivity index (χ2v) is 5.17. The molecule has 0 spiro atoms. The zero-order chi connectivity index (χ0) is 17.1. The van der Waals surface area contributed by atoms with Gasteiger partial charge in [0.1, 0.15) is 5.75 Å². The molecule has 124 valence electrons. The molecule has 0 atom stereocenters. The Hall–Kier alpha value is -2.44. The summed E-state index contributed by atoms with van der Waals surface area (Å²) in [6.07, 6.45) is 0. The maximum atomic E-state index is 12.5. The average molecular weight is 323 g/mol. The van der Waals surface area contributed by atoms with E-state index in [9.17, 15) is 13.6 Å². The summed E-state index contributed by atoms with van der Waals surface area (Å²) in [5.74, 6) is -0.216. The molecule has 2 rings (SSSR count).